The van der Waals surface area contributed by atoms with Crippen molar-refractivity contribution >= 4 is 0 Å². The summed E-state index contributed by atoms with van der Waals surface area (Å²) in [7, 11) is 1.76. The van der Waals surface area contributed by atoms with Crippen molar-refractivity contribution in [1.82, 2.24) is 24.3 Å². The summed E-state index contributed by atoms with van der Waals surface area (Å²) in [6.45, 7) is 5.58. The van der Waals surface area contributed by atoms with E-state index in [1.807, 2.05) is 32.0 Å². The molecule has 5 aromatic rings. The Bertz CT molecular complexity index is 1770. The van der Waals surface area contributed by atoms with Gasteiger partial charge in [0.2, 0.25) is 11.8 Å². The van der Waals surface area contributed by atoms with Gasteiger partial charge in [0.15, 0.2) is 5.82 Å². The van der Waals surface area contributed by atoms with Crippen molar-refractivity contribution in [2.24, 2.45) is 7.05 Å². The van der Waals surface area contributed by atoms with E-state index in [4.69, 9.17) is 0 Å². The Hall–Kier alpha value is -4.66. The van der Waals surface area contributed by atoms with Crippen molar-refractivity contribution in [3.8, 4) is 34.2 Å². The minimum atomic E-state index is -0.663. The first-order valence-electron chi connectivity index (χ1n) is 13.1. The topological polar surface area (TPSA) is 85.8 Å². The number of rotatable bonds is 7. The van der Waals surface area contributed by atoms with Gasteiger partial charge < -0.3 is 5.11 Å². The molecule has 0 aliphatic heterocycles. The highest BCUT2D eigenvalue weighted by Crippen LogP contribution is 2.33. The van der Waals surface area contributed by atoms with E-state index in [2.05, 4.69) is 15.1 Å². The summed E-state index contributed by atoms with van der Waals surface area (Å²) in [5.41, 5.74) is 3.84. The van der Waals surface area contributed by atoms with Gasteiger partial charge in [-0.25, -0.2) is 9.37 Å². The summed E-state index contributed by atoms with van der Waals surface area (Å²) < 4.78 is 32.4. The summed E-state index contributed by atoms with van der Waals surface area (Å²) in [5, 5.41) is 16.1. The molecule has 0 fully saturated rings. The maximum absolute atomic E-state index is 15.3. The molecule has 3 heterocycles. The molecule has 1 N–H and O–H groups in total. The van der Waals surface area contributed by atoms with Crippen LogP contribution in [-0.4, -0.2) is 29.4 Å². The van der Waals surface area contributed by atoms with Gasteiger partial charge in [0.1, 0.15) is 11.5 Å². The van der Waals surface area contributed by atoms with Crippen LogP contribution < -0.4 is 5.56 Å². The van der Waals surface area contributed by atoms with Crippen molar-refractivity contribution in [3.63, 3.8) is 0 Å². The first-order valence-corrected chi connectivity index (χ1v) is 13.1. The molecule has 0 aliphatic rings. The molecule has 9 heteroatoms. The molecular formula is C31H29F2N5O2. The smallest absolute Gasteiger partial charge is 0.280 e. The summed E-state index contributed by atoms with van der Waals surface area (Å²) in [4.78, 5) is 21.3. The SMILES string of the molecule is CCc1cccc(CC)c1-n1c(-c2ccn(C)n2)nc(=O)c(Cc2ccc(-c3ccnc(F)c3C)c(F)c2)c1O. The molecule has 0 saturated carbocycles. The summed E-state index contributed by atoms with van der Waals surface area (Å²) in [6.07, 6.45) is 4.35. The zero-order valence-corrected chi connectivity index (χ0v) is 22.7. The Balaban J connectivity index is 1.67. The van der Waals surface area contributed by atoms with Gasteiger partial charge in [-0.05, 0) is 60.2 Å². The molecule has 0 radical (unpaired) electrons. The van der Waals surface area contributed by atoms with Crippen LogP contribution in [0.25, 0.3) is 28.3 Å². The fraction of sp³-hybridized carbons (Fsp3) is 0.226. The molecule has 0 amide bonds. The second kappa shape index (κ2) is 10.8. The summed E-state index contributed by atoms with van der Waals surface area (Å²) >= 11 is 0. The molecule has 5 rings (SSSR count). The molecule has 0 atom stereocenters. The van der Waals surface area contributed by atoms with Crippen LogP contribution in [0.2, 0.25) is 0 Å². The first kappa shape index (κ1) is 26.9. The van der Waals surface area contributed by atoms with Gasteiger partial charge in [0, 0.05) is 37.0 Å². The van der Waals surface area contributed by atoms with Gasteiger partial charge >= 0.3 is 0 Å². The molecule has 204 valence electrons. The molecule has 2 aromatic carbocycles. The Morgan fingerprint density at radius 2 is 1.70 bits per heavy atom. The fourth-order valence-electron chi connectivity index (χ4n) is 5.01. The van der Waals surface area contributed by atoms with Crippen LogP contribution in [0, 0.1) is 18.7 Å². The largest absolute Gasteiger partial charge is 0.494 e. The van der Waals surface area contributed by atoms with E-state index in [9.17, 15) is 14.3 Å². The van der Waals surface area contributed by atoms with E-state index >= 15 is 4.39 Å². The van der Waals surface area contributed by atoms with Crippen molar-refractivity contribution in [2.75, 3.05) is 0 Å². The lowest BCUT2D eigenvalue weighted by atomic mass is 9.98. The van der Waals surface area contributed by atoms with Crippen molar-refractivity contribution in [3.05, 3.63) is 111 Å². The molecule has 3 aromatic heterocycles. The normalized spacial score (nSPS) is 11.2. The molecule has 0 unspecified atom stereocenters. The lowest BCUT2D eigenvalue weighted by Crippen LogP contribution is -2.21. The molecule has 0 spiro atoms. The second-order valence-corrected chi connectivity index (χ2v) is 9.65. The quantitative estimate of drug-likeness (QED) is 0.267. The average Bonchev–Trinajstić information content (AvgIpc) is 3.38. The third kappa shape index (κ3) is 4.79. The Kier molecular flexibility index (Phi) is 7.30. The van der Waals surface area contributed by atoms with Crippen LogP contribution >= 0.6 is 0 Å². The number of nitrogens with zero attached hydrogens (tertiary/aromatic N) is 5. The third-order valence-electron chi connectivity index (χ3n) is 7.14. The molecular weight excluding hydrogens is 512 g/mol. The van der Waals surface area contributed by atoms with Crippen molar-refractivity contribution < 1.29 is 13.9 Å². The van der Waals surface area contributed by atoms with Crippen LogP contribution in [0.1, 0.15) is 41.7 Å². The molecule has 0 saturated heterocycles. The van der Waals surface area contributed by atoms with Gasteiger partial charge in [0.05, 0.1) is 11.3 Å². The summed E-state index contributed by atoms with van der Waals surface area (Å²) in [6, 6.07) is 13.7. The van der Waals surface area contributed by atoms with Gasteiger partial charge in [-0.15, -0.1) is 0 Å². The fourth-order valence-corrected chi connectivity index (χ4v) is 5.01. The Labute approximate surface area is 230 Å². The predicted octanol–water partition coefficient (Wildman–Crippen LogP) is 5.70. The van der Waals surface area contributed by atoms with Gasteiger partial charge in [0.25, 0.3) is 5.56 Å². The van der Waals surface area contributed by atoms with Gasteiger partial charge in [-0.2, -0.15) is 14.5 Å². The lowest BCUT2D eigenvalue weighted by Gasteiger charge is -2.21. The number of pyridine rings is 1. The van der Waals surface area contributed by atoms with Gasteiger partial charge in [-0.1, -0.05) is 44.2 Å². The zero-order valence-electron chi connectivity index (χ0n) is 22.7. The first-order chi connectivity index (χ1) is 19.2. The highest BCUT2D eigenvalue weighted by Gasteiger charge is 2.24. The average molecular weight is 542 g/mol. The Morgan fingerprint density at radius 3 is 2.33 bits per heavy atom. The molecule has 0 aliphatic carbocycles. The second-order valence-electron chi connectivity index (χ2n) is 9.65. The zero-order chi connectivity index (χ0) is 28.6. The number of hydrogen-bond donors (Lipinski definition) is 1. The number of aromatic hydroxyl groups is 1. The minimum absolute atomic E-state index is 0.0333. The number of aryl methyl sites for hydroxylation is 3. The van der Waals surface area contributed by atoms with E-state index < -0.39 is 17.3 Å². The molecule has 7 nitrogen and oxygen atoms in total. The van der Waals surface area contributed by atoms with Crippen LogP contribution in [0.4, 0.5) is 8.78 Å². The van der Waals surface area contributed by atoms with Crippen LogP contribution in [0.5, 0.6) is 5.88 Å². The van der Waals surface area contributed by atoms with E-state index in [-0.39, 0.29) is 34.8 Å². The van der Waals surface area contributed by atoms with E-state index in [0.29, 0.717) is 29.7 Å². The number of halogens is 2. The maximum atomic E-state index is 15.3. The summed E-state index contributed by atoms with van der Waals surface area (Å²) in [5.74, 6) is -1.29. The van der Waals surface area contributed by atoms with Crippen LogP contribution in [-0.2, 0) is 26.3 Å². The standard InChI is InChI=1S/C31H29F2N5O2/c1-5-20-8-7-9-21(6-2)27(20)38-29(26-13-15-37(4)36-26)35-30(39)24(31(38)40)16-19-10-11-23(25(32)17-19)22-12-14-34-28(33)18(22)3/h7-15,17,40H,5-6,16H2,1-4H3. The predicted molar refractivity (Wildman–Crippen MR) is 150 cm³/mol. The highest BCUT2D eigenvalue weighted by molar-refractivity contribution is 5.68. The number of para-hydroxylation sites is 1. The van der Waals surface area contributed by atoms with Crippen LogP contribution in [0.15, 0.2) is 65.7 Å². The van der Waals surface area contributed by atoms with Crippen molar-refractivity contribution in [1.29, 1.82) is 0 Å². The van der Waals surface area contributed by atoms with E-state index in [0.717, 1.165) is 16.8 Å². The van der Waals surface area contributed by atoms with Crippen molar-refractivity contribution in [2.45, 2.75) is 40.0 Å². The van der Waals surface area contributed by atoms with Crippen LogP contribution in [0.3, 0.4) is 0 Å². The Morgan fingerprint density at radius 1 is 0.975 bits per heavy atom. The number of aromatic nitrogens is 5. The lowest BCUT2D eigenvalue weighted by molar-refractivity contribution is 0.428. The van der Waals surface area contributed by atoms with Gasteiger partial charge in [-0.3, -0.25) is 14.0 Å². The number of benzene rings is 2. The number of hydrogen-bond acceptors (Lipinski definition) is 5. The highest BCUT2D eigenvalue weighted by atomic mass is 19.1. The minimum Gasteiger partial charge on any atom is -0.494 e. The maximum Gasteiger partial charge on any atom is 0.280 e. The van der Waals surface area contributed by atoms with E-state index in [1.54, 1.807) is 53.7 Å². The molecule has 0 bridgehead atoms. The van der Waals surface area contributed by atoms with E-state index in [1.165, 1.54) is 12.3 Å². The monoisotopic (exact) mass is 541 g/mol. The molecule has 40 heavy (non-hydrogen) atoms. The third-order valence-corrected chi connectivity index (χ3v) is 7.14.